The summed E-state index contributed by atoms with van der Waals surface area (Å²) in [4.78, 5) is 27.1. The highest BCUT2D eigenvalue weighted by Gasteiger charge is 2.47. The number of sulfonamides is 1. The number of amides is 1. The van der Waals surface area contributed by atoms with Crippen molar-refractivity contribution in [3.05, 3.63) is 105 Å². The third-order valence-corrected chi connectivity index (χ3v) is 8.67. The molecule has 0 spiro atoms. The number of carboxylic acid groups (broad SMARTS) is 1. The number of nitrogens with one attached hydrogen (secondary N) is 1. The van der Waals surface area contributed by atoms with Crippen molar-refractivity contribution in [3.8, 4) is 0 Å². The van der Waals surface area contributed by atoms with Gasteiger partial charge in [-0.05, 0) is 47.9 Å². The molecule has 3 aromatic carbocycles. The van der Waals surface area contributed by atoms with Crippen LogP contribution in [0.1, 0.15) is 48.6 Å². The summed E-state index contributed by atoms with van der Waals surface area (Å²) in [6.07, 6.45) is -2.43. The second-order valence-corrected chi connectivity index (χ2v) is 12.4. The van der Waals surface area contributed by atoms with Gasteiger partial charge >= 0.3 is 5.97 Å². The standard InChI is InChI=1S/C29H29Cl2FN2O6S/c1-2-23(16-33-41(38,39)17-20-6-3-4-9-24(20)32)34-27(18-10-12-21(30)13-11-18)28(19-7-5-8-22(31)14-19)40-25(29(34)37)15-26(35)36/h3-14,23,25,27-28,33H,2,15-17H2,1H3,(H,35,36)/t23-,25+,27+,28+/m0/s1. The Morgan fingerprint density at radius 1 is 1.05 bits per heavy atom. The SMILES string of the molecule is CC[C@@H](CNS(=O)(=O)Cc1ccccc1F)N1C(=O)[C@@H](CC(=O)O)O[C@H](c2cccc(Cl)c2)[C@H]1c1ccc(Cl)cc1. The highest BCUT2D eigenvalue weighted by molar-refractivity contribution is 7.88. The lowest BCUT2D eigenvalue weighted by Crippen LogP contribution is -2.57. The molecule has 1 amide bonds. The summed E-state index contributed by atoms with van der Waals surface area (Å²) in [5.74, 6) is -3.04. The second kappa shape index (κ2) is 13.3. The minimum Gasteiger partial charge on any atom is -0.481 e. The van der Waals surface area contributed by atoms with E-state index < -0.39 is 64.2 Å². The van der Waals surface area contributed by atoms with E-state index in [2.05, 4.69) is 4.72 Å². The summed E-state index contributed by atoms with van der Waals surface area (Å²) in [5.41, 5.74) is 1.27. The highest BCUT2D eigenvalue weighted by Crippen LogP contribution is 2.44. The molecular formula is C29H29Cl2FN2O6S. The molecule has 2 N–H and O–H groups in total. The van der Waals surface area contributed by atoms with Gasteiger partial charge < -0.3 is 14.7 Å². The summed E-state index contributed by atoms with van der Waals surface area (Å²) >= 11 is 12.4. The van der Waals surface area contributed by atoms with Gasteiger partial charge in [-0.25, -0.2) is 17.5 Å². The summed E-state index contributed by atoms with van der Waals surface area (Å²) < 4.78 is 48.7. The molecule has 4 rings (SSSR count). The van der Waals surface area contributed by atoms with Crippen LogP contribution in [0, 0.1) is 5.82 Å². The molecule has 218 valence electrons. The first-order chi connectivity index (χ1) is 19.5. The highest BCUT2D eigenvalue weighted by atomic mass is 35.5. The fourth-order valence-corrected chi connectivity index (χ4v) is 6.45. The van der Waals surface area contributed by atoms with Gasteiger partial charge in [-0.1, -0.05) is 72.6 Å². The number of rotatable bonds is 11. The number of aliphatic carboxylic acids is 1. The van der Waals surface area contributed by atoms with Crippen LogP contribution in [-0.2, 0) is 30.1 Å². The van der Waals surface area contributed by atoms with Crippen molar-refractivity contribution in [3.63, 3.8) is 0 Å². The fraction of sp³-hybridized carbons (Fsp3) is 0.310. The minimum atomic E-state index is -4.00. The van der Waals surface area contributed by atoms with Crippen LogP contribution >= 0.6 is 23.2 Å². The zero-order valence-electron chi connectivity index (χ0n) is 22.0. The van der Waals surface area contributed by atoms with Crippen molar-refractivity contribution in [1.29, 1.82) is 0 Å². The van der Waals surface area contributed by atoms with Crippen LogP contribution < -0.4 is 4.72 Å². The van der Waals surface area contributed by atoms with Crippen molar-refractivity contribution < 1.29 is 32.2 Å². The van der Waals surface area contributed by atoms with E-state index in [0.29, 0.717) is 27.6 Å². The Morgan fingerprint density at radius 3 is 2.39 bits per heavy atom. The monoisotopic (exact) mass is 622 g/mol. The molecule has 0 unspecified atom stereocenters. The number of nitrogens with zero attached hydrogens (tertiary/aromatic N) is 1. The Balaban J connectivity index is 1.73. The van der Waals surface area contributed by atoms with Crippen LogP contribution in [0.3, 0.4) is 0 Å². The number of hydrogen-bond donors (Lipinski definition) is 2. The minimum absolute atomic E-state index is 0.0112. The van der Waals surface area contributed by atoms with Crippen LogP contribution in [-0.4, -0.2) is 49.0 Å². The number of carboxylic acids is 1. The maximum Gasteiger partial charge on any atom is 0.306 e. The van der Waals surface area contributed by atoms with Crippen molar-refractivity contribution in [2.75, 3.05) is 6.54 Å². The first-order valence-electron chi connectivity index (χ1n) is 12.9. The largest absolute Gasteiger partial charge is 0.481 e. The third kappa shape index (κ3) is 7.64. The average molecular weight is 624 g/mol. The van der Waals surface area contributed by atoms with Crippen molar-refractivity contribution in [2.45, 2.75) is 49.8 Å². The topological polar surface area (TPSA) is 113 Å². The van der Waals surface area contributed by atoms with Crippen molar-refractivity contribution in [2.24, 2.45) is 0 Å². The van der Waals surface area contributed by atoms with E-state index in [1.807, 2.05) is 0 Å². The molecule has 0 saturated carbocycles. The summed E-state index contributed by atoms with van der Waals surface area (Å²) in [6.45, 7) is 1.60. The molecule has 41 heavy (non-hydrogen) atoms. The zero-order valence-corrected chi connectivity index (χ0v) is 24.4. The normalized spacial score (nSPS) is 20.1. The number of carbonyl (C=O) groups excluding carboxylic acids is 1. The fourth-order valence-electron chi connectivity index (χ4n) is 4.93. The molecule has 1 saturated heterocycles. The van der Waals surface area contributed by atoms with Gasteiger partial charge in [0.05, 0.1) is 18.2 Å². The van der Waals surface area contributed by atoms with Gasteiger partial charge in [-0.3, -0.25) is 9.59 Å². The smallest absolute Gasteiger partial charge is 0.306 e. The number of carbonyl (C=O) groups is 2. The molecule has 1 heterocycles. The molecule has 1 aliphatic heterocycles. The Morgan fingerprint density at radius 2 is 1.76 bits per heavy atom. The van der Waals surface area contributed by atoms with E-state index in [-0.39, 0.29) is 12.1 Å². The van der Waals surface area contributed by atoms with Gasteiger partial charge in [0.2, 0.25) is 10.0 Å². The van der Waals surface area contributed by atoms with Crippen molar-refractivity contribution >= 4 is 45.1 Å². The quantitative estimate of drug-likeness (QED) is 0.291. The molecule has 8 nitrogen and oxygen atoms in total. The molecule has 0 bridgehead atoms. The Labute approximate surface area is 248 Å². The molecule has 1 fully saturated rings. The molecule has 1 aliphatic rings. The molecule has 12 heteroatoms. The van der Waals surface area contributed by atoms with Crippen LogP contribution in [0.4, 0.5) is 4.39 Å². The number of benzene rings is 3. The number of hydrogen-bond acceptors (Lipinski definition) is 5. The molecule has 3 aromatic rings. The maximum atomic E-state index is 14.1. The molecule has 0 aliphatic carbocycles. The lowest BCUT2D eigenvalue weighted by atomic mass is 9.89. The van der Waals surface area contributed by atoms with Crippen molar-refractivity contribution in [1.82, 2.24) is 9.62 Å². The van der Waals surface area contributed by atoms with E-state index >= 15 is 0 Å². The van der Waals surface area contributed by atoms with E-state index in [0.717, 1.165) is 0 Å². The van der Waals surface area contributed by atoms with Crippen LogP contribution in [0.15, 0.2) is 72.8 Å². The van der Waals surface area contributed by atoms with Crippen LogP contribution in [0.2, 0.25) is 10.0 Å². The first kappa shape index (κ1) is 30.9. The number of morpholine rings is 1. The van der Waals surface area contributed by atoms with Gasteiger partial charge in [0.15, 0.2) is 0 Å². The van der Waals surface area contributed by atoms with E-state index in [4.69, 9.17) is 27.9 Å². The second-order valence-electron chi connectivity index (χ2n) is 9.70. The van der Waals surface area contributed by atoms with Gasteiger partial charge in [-0.15, -0.1) is 0 Å². The molecule has 4 atom stereocenters. The predicted molar refractivity (Wildman–Crippen MR) is 153 cm³/mol. The third-order valence-electron chi connectivity index (χ3n) is 6.88. The Kier molecular flexibility index (Phi) is 10.0. The summed E-state index contributed by atoms with van der Waals surface area (Å²) in [5, 5.41) is 10.4. The van der Waals surface area contributed by atoms with Gasteiger partial charge in [0.1, 0.15) is 18.0 Å². The van der Waals surface area contributed by atoms with Gasteiger partial charge in [0, 0.05) is 28.2 Å². The molecule has 0 aromatic heterocycles. The van der Waals surface area contributed by atoms with E-state index in [1.54, 1.807) is 61.5 Å². The maximum absolute atomic E-state index is 14.1. The number of halogens is 3. The van der Waals surface area contributed by atoms with Crippen LogP contribution in [0.5, 0.6) is 0 Å². The van der Waals surface area contributed by atoms with E-state index in [9.17, 15) is 27.5 Å². The zero-order chi connectivity index (χ0) is 29.7. The average Bonchev–Trinajstić information content (AvgIpc) is 2.92. The predicted octanol–water partition coefficient (Wildman–Crippen LogP) is 5.52. The lowest BCUT2D eigenvalue weighted by Gasteiger charge is -2.48. The van der Waals surface area contributed by atoms with Gasteiger partial charge in [0.25, 0.3) is 5.91 Å². The summed E-state index contributed by atoms with van der Waals surface area (Å²) in [7, 11) is -4.00. The Bertz CT molecular complexity index is 1510. The summed E-state index contributed by atoms with van der Waals surface area (Å²) in [6, 6.07) is 17.8. The molecular weight excluding hydrogens is 594 g/mol. The molecule has 0 radical (unpaired) electrons. The Hall–Kier alpha value is -3.02. The van der Waals surface area contributed by atoms with Gasteiger partial charge in [-0.2, -0.15) is 0 Å². The lowest BCUT2D eigenvalue weighted by molar-refractivity contribution is -0.183. The van der Waals surface area contributed by atoms with Crippen LogP contribution in [0.25, 0.3) is 0 Å². The number of ether oxygens (including phenoxy) is 1. The first-order valence-corrected chi connectivity index (χ1v) is 15.3. The van der Waals surface area contributed by atoms with E-state index in [1.165, 1.54) is 23.1 Å².